The maximum atomic E-state index is 14.1. The van der Waals surface area contributed by atoms with Crippen LogP contribution >= 0.6 is 11.3 Å². The molecule has 0 aliphatic carbocycles. The highest BCUT2D eigenvalue weighted by Gasteiger charge is 2.26. The average Bonchev–Trinajstić information content (AvgIpc) is 3.35. The summed E-state index contributed by atoms with van der Waals surface area (Å²) < 4.78 is 13.7. The zero-order valence-corrected chi connectivity index (χ0v) is 25.3. The molecule has 0 fully saturated rings. The Hall–Kier alpha value is -3.53. The molecular weight excluding hydrogens is 538 g/mol. The van der Waals surface area contributed by atoms with Gasteiger partial charge >= 0.3 is 0 Å². The molecule has 4 aromatic rings. The summed E-state index contributed by atoms with van der Waals surface area (Å²) in [4.78, 5) is 43.5. The minimum absolute atomic E-state index is 0.130. The molecule has 0 radical (unpaired) electrons. The van der Waals surface area contributed by atoms with E-state index in [0.29, 0.717) is 64.4 Å². The van der Waals surface area contributed by atoms with Crippen LogP contribution in [0.2, 0.25) is 0 Å². The average molecular weight is 578 g/mol. The normalized spacial score (nSPS) is 11.7. The number of aromatic nitrogens is 1. The predicted octanol–water partition coefficient (Wildman–Crippen LogP) is 5.36. The third-order valence-corrected chi connectivity index (χ3v) is 8.23. The number of carbonyl (C=O) groups is 2. The smallest absolute Gasteiger partial charge is 0.265 e. The molecule has 0 atom stereocenters. The molecule has 41 heavy (non-hydrogen) atoms. The third kappa shape index (κ3) is 6.86. The number of fused-ring (bicyclic) bond motifs is 3. The first-order valence-electron chi connectivity index (χ1n) is 14.1. The van der Waals surface area contributed by atoms with Gasteiger partial charge in [0.05, 0.1) is 23.4 Å². The van der Waals surface area contributed by atoms with Gasteiger partial charge in [-0.05, 0) is 40.7 Å². The first kappa shape index (κ1) is 30.4. The van der Waals surface area contributed by atoms with E-state index < -0.39 is 0 Å². The largest absolute Gasteiger partial charge is 0.489 e. The predicted molar refractivity (Wildman–Crippen MR) is 166 cm³/mol. The standard InChI is InChI=1S/C32H39N3O5S/c1-6-39-18-19-40-28-27-29(41-30(28)31(37)33-16-17-34(21(2)3)22(4)5)24-14-10-11-15-25(24)35(32(27)38)20-26(36)23-12-8-7-9-13-23/h7-15,21-22H,6,16-20H2,1-5H3,(H,33,37). The minimum Gasteiger partial charge on any atom is -0.489 e. The van der Waals surface area contributed by atoms with Gasteiger partial charge in [0.2, 0.25) is 0 Å². The number of nitrogens with zero attached hydrogens (tertiary/aromatic N) is 2. The van der Waals surface area contributed by atoms with Crippen LogP contribution in [0.1, 0.15) is 54.6 Å². The second kappa shape index (κ2) is 13.9. The fraction of sp³-hybridized carbons (Fsp3) is 0.406. The van der Waals surface area contributed by atoms with Crippen molar-refractivity contribution in [2.45, 2.75) is 53.2 Å². The number of benzene rings is 2. The Morgan fingerprint density at radius 2 is 1.66 bits per heavy atom. The first-order chi connectivity index (χ1) is 19.7. The van der Waals surface area contributed by atoms with E-state index in [0.717, 1.165) is 5.39 Å². The molecule has 9 heteroatoms. The van der Waals surface area contributed by atoms with Crippen molar-refractivity contribution >= 4 is 44.0 Å². The maximum Gasteiger partial charge on any atom is 0.265 e. The number of thiophene rings is 1. The Bertz CT molecular complexity index is 1550. The number of nitrogens with one attached hydrogen (secondary N) is 1. The van der Waals surface area contributed by atoms with Gasteiger partial charge in [-0.1, -0.05) is 48.5 Å². The maximum absolute atomic E-state index is 14.1. The summed E-state index contributed by atoms with van der Waals surface area (Å²) in [5, 5.41) is 4.13. The van der Waals surface area contributed by atoms with Gasteiger partial charge in [-0.2, -0.15) is 0 Å². The number of ether oxygens (including phenoxy) is 2. The lowest BCUT2D eigenvalue weighted by Crippen LogP contribution is -2.42. The second-order valence-electron chi connectivity index (χ2n) is 10.4. The summed E-state index contributed by atoms with van der Waals surface area (Å²) in [6, 6.07) is 17.1. The molecular formula is C32H39N3O5S. The van der Waals surface area contributed by atoms with Gasteiger partial charge in [0.1, 0.15) is 16.9 Å². The SMILES string of the molecule is CCOCCOc1c(C(=O)NCCN(C(C)C)C(C)C)sc2c1c(=O)n(CC(=O)c1ccccc1)c1ccccc21. The van der Waals surface area contributed by atoms with E-state index >= 15 is 0 Å². The Kier molecular flexibility index (Phi) is 10.3. The van der Waals surface area contributed by atoms with Gasteiger partial charge in [-0.25, -0.2) is 0 Å². The molecule has 0 aliphatic rings. The fourth-order valence-electron chi connectivity index (χ4n) is 5.09. The van der Waals surface area contributed by atoms with Crippen LogP contribution in [0, 0.1) is 0 Å². The number of carbonyl (C=O) groups excluding carboxylic acids is 2. The van der Waals surface area contributed by atoms with Crippen molar-refractivity contribution in [2.75, 3.05) is 32.9 Å². The molecule has 0 aliphatic heterocycles. The summed E-state index contributed by atoms with van der Waals surface area (Å²) in [5.74, 6) is -0.229. The Labute approximate surface area is 244 Å². The zero-order valence-electron chi connectivity index (χ0n) is 24.4. The van der Waals surface area contributed by atoms with Crippen LogP contribution in [0.25, 0.3) is 21.0 Å². The number of ketones is 1. The summed E-state index contributed by atoms with van der Waals surface area (Å²) in [7, 11) is 0. The Balaban J connectivity index is 1.78. The molecule has 0 saturated heterocycles. The van der Waals surface area contributed by atoms with Crippen LogP contribution in [0.5, 0.6) is 5.75 Å². The number of pyridine rings is 1. The van der Waals surface area contributed by atoms with Gasteiger partial charge in [-0.15, -0.1) is 11.3 Å². The van der Waals surface area contributed by atoms with Crippen molar-refractivity contribution in [2.24, 2.45) is 0 Å². The van der Waals surface area contributed by atoms with E-state index in [9.17, 15) is 14.4 Å². The number of amides is 1. The van der Waals surface area contributed by atoms with Crippen molar-refractivity contribution in [3.63, 3.8) is 0 Å². The van der Waals surface area contributed by atoms with Crippen molar-refractivity contribution in [3.05, 3.63) is 75.4 Å². The van der Waals surface area contributed by atoms with Crippen LogP contribution in [0.3, 0.4) is 0 Å². The third-order valence-electron chi connectivity index (χ3n) is 7.03. The highest BCUT2D eigenvalue weighted by atomic mass is 32.1. The summed E-state index contributed by atoms with van der Waals surface area (Å²) >= 11 is 1.25. The highest BCUT2D eigenvalue weighted by Crippen LogP contribution is 2.39. The molecule has 4 rings (SSSR count). The Morgan fingerprint density at radius 3 is 2.34 bits per heavy atom. The van der Waals surface area contributed by atoms with Crippen LogP contribution in [-0.2, 0) is 11.3 Å². The zero-order chi connectivity index (χ0) is 29.5. The summed E-state index contributed by atoms with van der Waals surface area (Å²) in [5.41, 5.74) is 0.794. The number of hydrogen-bond acceptors (Lipinski definition) is 7. The van der Waals surface area contributed by atoms with Crippen LogP contribution in [0.4, 0.5) is 0 Å². The molecule has 0 spiro atoms. The van der Waals surface area contributed by atoms with Crippen LogP contribution in [-0.4, -0.2) is 66.2 Å². The quantitative estimate of drug-likeness (QED) is 0.160. The topological polar surface area (TPSA) is 89.9 Å². The molecule has 2 aromatic heterocycles. The molecule has 0 unspecified atom stereocenters. The second-order valence-corrected chi connectivity index (χ2v) is 11.4. The molecule has 0 saturated carbocycles. The molecule has 8 nitrogen and oxygen atoms in total. The molecule has 2 heterocycles. The number of para-hydroxylation sites is 1. The van der Waals surface area contributed by atoms with E-state index in [1.807, 2.05) is 37.3 Å². The van der Waals surface area contributed by atoms with Crippen LogP contribution in [0.15, 0.2) is 59.4 Å². The summed E-state index contributed by atoms with van der Waals surface area (Å²) in [6.07, 6.45) is 0. The fourth-order valence-corrected chi connectivity index (χ4v) is 6.27. The van der Waals surface area contributed by atoms with Gasteiger partial charge in [0.25, 0.3) is 11.5 Å². The van der Waals surface area contributed by atoms with E-state index in [-0.39, 0.29) is 36.2 Å². The first-order valence-corrected chi connectivity index (χ1v) is 15.0. The van der Waals surface area contributed by atoms with E-state index in [1.165, 1.54) is 15.9 Å². The highest BCUT2D eigenvalue weighted by molar-refractivity contribution is 7.22. The minimum atomic E-state index is -0.365. The molecule has 1 amide bonds. The van der Waals surface area contributed by atoms with Crippen molar-refractivity contribution < 1.29 is 19.1 Å². The lowest BCUT2D eigenvalue weighted by atomic mass is 10.1. The van der Waals surface area contributed by atoms with Gasteiger partial charge in [0, 0.05) is 42.7 Å². The van der Waals surface area contributed by atoms with E-state index in [2.05, 4.69) is 37.9 Å². The molecule has 218 valence electrons. The lowest BCUT2D eigenvalue weighted by Gasteiger charge is -2.30. The monoisotopic (exact) mass is 577 g/mol. The summed E-state index contributed by atoms with van der Waals surface area (Å²) in [6.45, 7) is 12.5. The Morgan fingerprint density at radius 1 is 0.976 bits per heavy atom. The van der Waals surface area contributed by atoms with E-state index in [4.69, 9.17) is 9.47 Å². The van der Waals surface area contributed by atoms with Crippen molar-refractivity contribution in [3.8, 4) is 5.75 Å². The van der Waals surface area contributed by atoms with Crippen LogP contribution < -0.4 is 15.6 Å². The van der Waals surface area contributed by atoms with Crippen molar-refractivity contribution in [1.29, 1.82) is 0 Å². The lowest BCUT2D eigenvalue weighted by molar-refractivity contribution is 0.0928. The molecule has 0 bridgehead atoms. The number of rotatable bonds is 14. The van der Waals surface area contributed by atoms with Gasteiger partial charge in [-0.3, -0.25) is 23.9 Å². The van der Waals surface area contributed by atoms with Gasteiger partial charge < -0.3 is 14.8 Å². The van der Waals surface area contributed by atoms with Gasteiger partial charge in [0.15, 0.2) is 11.5 Å². The molecule has 2 aromatic carbocycles. The van der Waals surface area contributed by atoms with E-state index in [1.54, 1.807) is 24.3 Å². The number of Topliss-reactive ketones (excluding diaryl/α,β-unsaturated/α-hetero) is 1. The molecule has 1 N–H and O–H groups in total. The number of hydrogen-bond donors (Lipinski definition) is 1. The van der Waals surface area contributed by atoms with Crippen molar-refractivity contribution in [1.82, 2.24) is 14.8 Å².